The maximum atomic E-state index is 11.5. The second kappa shape index (κ2) is 4.73. The number of carbonyl (C=O) groups excluding carboxylic acids is 1. The van der Waals surface area contributed by atoms with Crippen LogP contribution >= 0.6 is 38.5 Å². The van der Waals surface area contributed by atoms with Crippen molar-refractivity contribution in [3.8, 4) is 0 Å². The zero-order valence-electron chi connectivity index (χ0n) is 8.70. The van der Waals surface area contributed by atoms with Gasteiger partial charge in [-0.15, -0.1) is 0 Å². The topological polar surface area (TPSA) is 51.2 Å². The van der Waals surface area contributed by atoms with Gasteiger partial charge in [0.05, 0.1) is 4.90 Å². The van der Waals surface area contributed by atoms with Crippen molar-refractivity contribution in [3.63, 3.8) is 0 Å². The van der Waals surface area contributed by atoms with E-state index in [0.29, 0.717) is 9.13 Å². The summed E-state index contributed by atoms with van der Waals surface area (Å²) in [4.78, 5) is 11.1. The molecule has 0 fully saturated rings. The van der Waals surface area contributed by atoms with Gasteiger partial charge in [-0.2, -0.15) is 0 Å². The van der Waals surface area contributed by atoms with Crippen molar-refractivity contribution < 1.29 is 13.2 Å². The Morgan fingerprint density at radius 3 is 2.44 bits per heavy atom. The lowest BCUT2D eigenvalue weighted by Gasteiger charge is -2.16. The van der Waals surface area contributed by atoms with Crippen molar-refractivity contribution in [3.05, 3.63) is 27.3 Å². The van der Waals surface area contributed by atoms with Crippen LogP contribution in [-0.2, 0) is 19.0 Å². The van der Waals surface area contributed by atoms with Crippen molar-refractivity contribution in [2.75, 3.05) is 6.26 Å². The number of hydrogen-bond acceptors (Lipinski definition) is 3. The molecule has 0 aromatic heterocycles. The predicted octanol–water partition coefficient (Wildman–Crippen LogP) is 2.50. The van der Waals surface area contributed by atoms with E-state index < -0.39 is 14.2 Å². The molecule has 0 amide bonds. The highest BCUT2D eigenvalue weighted by molar-refractivity contribution is 14.1. The summed E-state index contributed by atoms with van der Waals surface area (Å²) < 4.78 is 22.8. The number of carbonyl (C=O) groups is 1. The van der Waals surface area contributed by atoms with Gasteiger partial charge in [0.25, 0.3) is 0 Å². The summed E-state index contributed by atoms with van der Waals surface area (Å²) >= 11 is 5.21. The zero-order valence-corrected chi connectivity index (χ0v) is 13.3. The van der Waals surface area contributed by atoms with Crippen LogP contribution in [0.25, 0.3) is 0 Å². The Hall–Kier alpha value is 0.0500. The number of alkyl halides is 1. The van der Waals surface area contributed by atoms with E-state index in [9.17, 15) is 13.2 Å². The molecule has 0 bridgehead atoms. The molecule has 0 saturated carbocycles. The van der Waals surface area contributed by atoms with Gasteiger partial charge >= 0.3 is 0 Å². The van der Waals surface area contributed by atoms with Crippen LogP contribution in [0, 0.1) is 3.57 Å². The average Bonchev–Trinajstić information content (AvgIpc) is 2.16. The van der Waals surface area contributed by atoms with Crippen LogP contribution in [0.5, 0.6) is 0 Å². The number of hydrogen-bond donors (Lipinski definition) is 0. The van der Waals surface area contributed by atoms with E-state index in [2.05, 4.69) is 15.9 Å². The molecule has 0 aliphatic rings. The smallest absolute Gasteiger partial charge is 0.176 e. The van der Waals surface area contributed by atoms with Crippen LogP contribution in [0.3, 0.4) is 0 Å². The van der Waals surface area contributed by atoms with Crippen LogP contribution in [0.15, 0.2) is 23.1 Å². The number of halogens is 2. The maximum Gasteiger partial charge on any atom is 0.176 e. The number of rotatable bonds is 3. The van der Waals surface area contributed by atoms with Gasteiger partial charge in [-0.3, -0.25) is 0 Å². The van der Waals surface area contributed by atoms with Crippen LogP contribution < -0.4 is 0 Å². The fraction of sp³-hybridized carbons (Fsp3) is 0.300. The summed E-state index contributed by atoms with van der Waals surface area (Å²) in [5, 5.41) is 0. The first-order chi connectivity index (χ1) is 7.18. The van der Waals surface area contributed by atoms with Gasteiger partial charge in [0, 0.05) is 9.83 Å². The molecule has 0 aliphatic heterocycles. The lowest BCUT2D eigenvalue weighted by Crippen LogP contribution is -2.15. The molecule has 0 heterocycles. The Morgan fingerprint density at radius 1 is 1.44 bits per heavy atom. The third kappa shape index (κ3) is 3.04. The van der Waals surface area contributed by atoms with Gasteiger partial charge in [0.2, 0.25) is 0 Å². The van der Waals surface area contributed by atoms with Gasteiger partial charge in [-0.25, -0.2) is 8.42 Å². The Morgan fingerprint density at radius 2 is 2.00 bits per heavy atom. The highest BCUT2D eigenvalue weighted by atomic mass is 127. The van der Waals surface area contributed by atoms with Crippen molar-refractivity contribution in [1.29, 1.82) is 0 Å². The van der Waals surface area contributed by atoms with Crippen molar-refractivity contribution in [1.82, 2.24) is 0 Å². The zero-order chi connectivity index (χ0) is 12.6. The molecule has 0 saturated heterocycles. The minimum atomic E-state index is -3.27. The first kappa shape index (κ1) is 14.1. The maximum absolute atomic E-state index is 11.5. The minimum absolute atomic E-state index is 0.248. The van der Waals surface area contributed by atoms with E-state index >= 15 is 0 Å². The lowest BCUT2D eigenvalue weighted by atomic mass is 10.0. The Kier molecular flexibility index (Phi) is 4.18. The highest BCUT2D eigenvalue weighted by Gasteiger charge is 2.24. The molecule has 0 radical (unpaired) electrons. The van der Waals surface area contributed by atoms with E-state index in [4.69, 9.17) is 0 Å². The fourth-order valence-electron chi connectivity index (χ4n) is 1.16. The number of sulfone groups is 1. The van der Waals surface area contributed by atoms with Gasteiger partial charge in [0.1, 0.15) is 10.6 Å². The highest BCUT2D eigenvalue weighted by Crippen LogP contribution is 2.31. The third-order valence-electron chi connectivity index (χ3n) is 2.12. The summed E-state index contributed by atoms with van der Waals surface area (Å²) in [7, 11) is -3.27. The molecular formula is C10H10BrIO3S. The predicted molar refractivity (Wildman–Crippen MR) is 74.6 cm³/mol. The molecule has 6 heteroatoms. The average molecular weight is 417 g/mol. The summed E-state index contributed by atoms with van der Waals surface area (Å²) in [5.41, 5.74) is 0.628. The van der Waals surface area contributed by atoms with Crippen LogP contribution in [0.2, 0.25) is 0 Å². The minimum Gasteiger partial charge on any atom is -0.301 e. The monoisotopic (exact) mass is 416 g/mol. The molecule has 1 aromatic rings. The van der Waals surface area contributed by atoms with Crippen molar-refractivity contribution in [2.24, 2.45) is 0 Å². The van der Waals surface area contributed by atoms with Gasteiger partial charge < -0.3 is 4.79 Å². The summed E-state index contributed by atoms with van der Waals surface area (Å²) in [6.07, 6.45) is 1.89. The standard InChI is InChI=1S/C10H10BrIO3S/c1-10(11,6-13)7-3-4-8(12)9(5-7)16(2,14)15/h3-6H,1-2H3. The number of benzene rings is 1. The Balaban J connectivity index is 3.46. The molecule has 1 atom stereocenters. The molecule has 3 nitrogen and oxygen atoms in total. The molecule has 0 N–H and O–H groups in total. The summed E-state index contributed by atoms with van der Waals surface area (Å²) in [5.74, 6) is 0. The second-order valence-electron chi connectivity index (χ2n) is 3.61. The SMILES string of the molecule is CC(Br)(C=O)c1ccc(I)c(S(C)(=O)=O)c1. The summed E-state index contributed by atoms with van der Waals surface area (Å²) in [6.45, 7) is 1.67. The van der Waals surface area contributed by atoms with E-state index in [1.165, 1.54) is 6.07 Å². The quantitative estimate of drug-likeness (QED) is 0.432. The normalized spacial score (nSPS) is 15.5. The second-order valence-corrected chi connectivity index (χ2v) is 8.40. The van der Waals surface area contributed by atoms with E-state index in [1.807, 2.05) is 22.6 Å². The molecule has 0 spiro atoms. The largest absolute Gasteiger partial charge is 0.301 e. The fourth-order valence-corrected chi connectivity index (χ4v) is 3.71. The van der Waals surface area contributed by atoms with Crippen LogP contribution in [-0.4, -0.2) is 21.0 Å². The molecule has 0 aliphatic carbocycles. The van der Waals surface area contributed by atoms with Gasteiger partial charge in [-0.05, 0) is 47.2 Å². The molecule has 1 rings (SSSR count). The first-order valence-electron chi connectivity index (χ1n) is 4.34. The summed E-state index contributed by atoms with van der Waals surface area (Å²) in [6, 6.07) is 4.95. The van der Waals surface area contributed by atoms with E-state index in [1.54, 1.807) is 19.1 Å². The third-order valence-corrected chi connectivity index (χ3v) is 5.20. The van der Waals surface area contributed by atoms with E-state index in [-0.39, 0.29) is 4.90 Å². The Labute approximate surface area is 117 Å². The Bertz CT molecular complexity index is 523. The van der Waals surface area contributed by atoms with Gasteiger partial charge in [0.15, 0.2) is 9.84 Å². The molecule has 16 heavy (non-hydrogen) atoms. The van der Waals surface area contributed by atoms with Gasteiger partial charge in [-0.1, -0.05) is 22.0 Å². The van der Waals surface area contributed by atoms with Crippen LogP contribution in [0.4, 0.5) is 0 Å². The van der Waals surface area contributed by atoms with Crippen LogP contribution in [0.1, 0.15) is 12.5 Å². The lowest BCUT2D eigenvalue weighted by molar-refractivity contribution is -0.109. The number of aldehydes is 1. The molecule has 1 aromatic carbocycles. The first-order valence-corrected chi connectivity index (χ1v) is 8.10. The van der Waals surface area contributed by atoms with Crippen molar-refractivity contribution >= 4 is 54.6 Å². The molecule has 1 unspecified atom stereocenters. The molecule has 88 valence electrons. The molecular weight excluding hydrogens is 407 g/mol. The van der Waals surface area contributed by atoms with Crippen molar-refractivity contribution in [2.45, 2.75) is 16.1 Å². The van der Waals surface area contributed by atoms with E-state index in [0.717, 1.165) is 12.5 Å².